The summed E-state index contributed by atoms with van der Waals surface area (Å²) < 4.78 is 10.5. The second kappa shape index (κ2) is 8.25. The topological polar surface area (TPSA) is 59.1 Å². The van der Waals surface area contributed by atoms with Crippen LogP contribution in [0.3, 0.4) is 0 Å². The van der Waals surface area contributed by atoms with E-state index in [-0.39, 0.29) is 11.8 Å². The number of allylic oxidation sites excluding steroid dienone is 2. The molecule has 2 aliphatic rings. The van der Waals surface area contributed by atoms with E-state index in [1.165, 1.54) is 0 Å². The number of methoxy groups -OCH3 is 2. The van der Waals surface area contributed by atoms with Crippen molar-refractivity contribution in [1.29, 1.82) is 0 Å². The van der Waals surface area contributed by atoms with E-state index in [0.717, 1.165) is 12.8 Å². The van der Waals surface area contributed by atoms with Gasteiger partial charge in [-0.1, -0.05) is 12.2 Å². The number of hydrogen-bond acceptors (Lipinski definition) is 4. The van der Waals surface area contributed by atoms with E-state index in [4.69, 9.17) is 9.47 Å². The van der Waals surface area contributed by atoms with E-state index in [0.29, 0.717) is 55.6 Å². The Morgan fingerprint density at radius 3 is 2.42 bits per heavy atom. The Kier molecular flexibility index (Phi) is 5.81. The van der Waals surface area contributed by atoms with E-state index >= 15 is 0 Å². The van der Waals surface area contributed by atoms with Gasteiger partial charge in [-0.3, -0.25) is 9.59 Å². The second-order valence-corrected chi connectivity index (χ2v) is 6.71. The summed E-state index contributed by atoms with van der Waals surface area (Å²) in [7, 11) is 3.12. The first-order valence-corrected chi connectivity index (χ1v) is 9.08. The van der Waals surface area contributed by atoms with Crippen LogP contribution in [0.25, 0.3) is 0 Å². The highest BCUT2D eigenvalue weighted by Crippen LogP contribution is 2.26. The van der Waals surface area contributed by atoms with Gasteiger partial charge in [0.15, 0.2) is 0 Å². The summed E-state index contributed by atoms with van der Waals surface area (Å²) in [5, 5.41) is 0. The van der Waals surface area contributed by atoms with Gasteiger partial charge in [0.05, 0.1) is 19.8 Å². The van der Waals surface area contributed by atoms with E-state index in [9.17, 15) is 9.59 Å². The number of piperazine rings is 1. The molecule has 1 saturated heterocycles. The summed E-state index contributed by atoms with van der Waals surface area (Å²) in [6, 6.07) is 5.19. The van der Waals surface area contributed by atoms with Crippen LogP contribution in [0.5, 0.6) is 11.5 Å². The Morgan fingerprint density at radius 2 is 1.81 bits per heavy atom. The lowest BCUT2D eigenvalue weighted by molar-refractivity contribution is -0.133. The van der Waals surface area contributed by atoms with Crippen LogP contribution in [0.2, 0.25) is 0 Å². The number of hydrogen-bond donors (Lipinski definition) is 0. The van der Waals surface area contributed by atoms with Crippen molar-refractivity contribution in [3.63, 3.8) is 0 Å². The number of nitrogens with zero attached hydrogens (tertiary/aromatic N) is 2. The number of carbonyl (C=O) groups is 2. The summed E-state index contributed by atoms with van der Waals surface area (Å²) in [6.45, 7) is 2.25. The molecular formula is C20H26N2O4. The van der Waals surface area contributed by atoms with Gasteiger partial charge < -0.3 is 19.3 Å². The zero-order valence-corrected chi connectivity index (χ0v) is 15.4. The molecule has 1 fully saturated rings. The first-order valence-electron chi connectivity index (χ1n) is 9.08. The maximum absolute atomic E-state index is 12.8. The molecule has 0 bridgehead atoms. The smallest absolute Gasteiger partial charge is 0.257 e. The highest BCUT2D eigenvalue weighted by molar-refractivity contribution is 5.97. The van der Waals surface area contributed by atoms with Crippen molar-refractivity contribution >= 4 is 11.8 Å². The maximum Gasteiger partial charge on any atom is 0.257 e. The number of carbonyl (C=O) groups excluding carboxylic acids is 2. The van der Waals surface area contributed by atoms with Gasteiger partial charge in [0.2, 0.25) is 5.91 Å². The first kappa shape index (κ1) is 18.3. The third-order valence-electron chi connectivity index (χ3n) is 5.11. The van der Waals surface area contributed by atoms with E-state index in [2.05, 4.69) is 12.2 Å². The minimum Gasteiger partial charge on any atom is -0.497 e. The van der Waals surface area contributed by atoms with Gasteiger partial charge in [0, 0.05) is 38.7 Å². The Hall–Kier alpha value is -2.50. The number of rotatable bonds is 5. The molecule has 0 saturated carbocycles. The van der Waals surface area contributed by atoms with Gasteiger partial charge in [-0.25, -0.2) is 0 Å². The molecular weight excluding hydrogens is 332 g/mol. The zero-order valence-electron chi connectivity index (χ0n) is 15.4. The van der Waals surface area contributed by atoms with Crippen LogP contribution in [-0.2, 0) is 4.79 Å². The average molecular weight is 358 g/mol. The summed E-state index contributed by atoms with van der Waals surface area (Å²) >= 11 is 0. The van der Waals surface area contributed by atoms with E-state index in [1.54, 1.807) is 37.3 Å². The van der Waals surface area contributed by atoms with Gasteiger partial charge in [-0.15, -0.1) is 0 Å². The molecule has 0 spiro atoms. The lowest BCUT2D eigenvalue weighted by atomic mass is 10.0. The molecule has 2 amide bonds. The van der Waals surface area contributed by atoms with Gasteiger partial charge >= 0.3 is 0 Å². The minimum atomic E-state index is -0.0738. The fraction of sp³-hybridized carbons (Fsp3) is 0.500. The quantitative estimate of drug-likeness (QED) is 0.758. The van der Waals surface area contributed by atoms with Crippen LogP contribution in [0.15, 0.2) is 30.4 Å². The normalized spacial score (nSPS) is 19.5. The van der Waals surface area contributed by atoms with Crippen LogP contribution in [0.4, 0.5) is 0 Å². The number of amides is 2. The summed E-state index contributed by atoms with van der Waals surface area (Å²) in [5.74, 6) is 1.65. The standard InChI is InChI=1S/C20H26N2O4/c1-25-16-7-8-17(18(14-16)26-2)20(24)22-11-9-21(10-12-22)19(23)13-15-5-3-4-6-15/h3,5,7-8,14-15H,4,6,9-13H2,1-2H3/t15-/m1/s1. The molecule has 1 aliphatic carbocycles. The molecule has 0 unspecified atom stereocenters. The molecule has 6 heteroatoms. The van der Waals surface area contributed by atoms with E-state index < -0.39 is 0 Å². The van der Waals surface area contributed by atoms with Crippen LogP contribution >= 0.6 is 0 Å². The zero-order chi connectivity index (χ0) is 18.5. The molecule has 1 aliphatic heterocycles. The summed E-state index contributed by atoms with van der Waals surface area (Å²) in [6.07, 6.45) is 7.02. The van der Waals surface area contributed by atoms with Gasteiger partial charge in [-0.05, 0) is 30.9 Å². The van der Waals surface area contributed by atoms with Crippen molar-refractivity contribution in [2.45, 2.75) is 19.3 Å². The molecule has 0 N–H and O–H groups in total. The second-order valence-electron chi connectivity index (χ2n) is 6.71. The van der Waals surface area contributed by atoms with Crippen molar-refractivity contribution < 1.29 is 19.1 Å². The predicted molar refractivity (Wildman–Crippen MR) is 98.5 cm³/mol. The van der Waals surface area contributed by atoms with Crippen molar-refractivity contribution in [3.05, 3.63) is 35.9 Å². The Balaban J connectivity index is 1.58. The van der Waals surface area contributed by atoms with Crippen LogP contribution in [-0.4, -0.2) is 62.0 Å². The number of ether oxygens (including phenoxy) is 2. The summed E-state index contributed by atoms with van der Waals surface area (Å²) in [4.78, 5) is 28.9. The van der Waals surface area contributed by atoms with Crippen molar-refractivity contribution in [3.8, 4) is 11.5 Å². The molecule has 1 atom stereocenters. The van der Waals surface area contributed by atoms with Gasteiger partial charge in [0.1, 0.15) is 11.5 Å². The van der Waals surface area contributed by atoms with Gasteiger partial charge in [0.25, 0.3) is 5.91 Å². The Morgan fingerprint density at radius 1 is 1.08 bits per heavy atom. The van der Waals surface area contributed by atoms with Crippen LogP contribution in [0.1, 0.15) is 29.6 Å². The minimum absolute atomic E-state index is 0.0738. The Labute approximate surface area is 154 Å². The van der Waals surface area contributed by atoms with E-state index in [1.807, 2.05) is 4.90 Å². The van der Waals surface area contributed by atoms with Crippen molar-refractivity contribution in [2.24, 2.45) is 5.92 Å². The first-order chi connectivity index (χ1) is 12.6. The third kappa shape index (κ3) is 4.00. The average Bonchev–Trinajstić information content (AvgIpc) is 3.20. The maximum atomic E-state index is 12.8. The van der Waals surface area contributed by atoms with Gasteiger partial charge in [-0.2, -0.15) is 0 Å². The molecule has 26 heavy (non-hydrogen) atoms. The highest BCUT2D eigenvalue weighted by Gasteiger charge is 2.27. The molecule has 0 aromatic heterocycles. The molecule has 1 aromatic carbocycles. The SMILES string of the molecule is COc1ccc(C(=O)N2CCN(C(=O)C[C@@H]3C=CCC3)CC2)c(OC)c1. The lowest BCUT2D eigenvalue weighted by Crippen LogP contribution is -2.50. The molecule has 1 aromatic rings. The monoisotopic (exact) mass is 358 g/mol. The largest absolute Gasteiger partial charge is 0.497 e. The fourth-order valence-electron chi connectivity index (χ4n) is 3.52. The van der Waals surface area contributed by atoms with Crippen molar-refractivity contribution in [1.82, 2.24) is 9.80 Å². The number of benzene rings is 1. The van der Waals surface area contributed by atoms with Crippen LogP contribution in [0, 0.1) is 5.92 Å². The molecule has 0 radical (unpaired) electrons. The van der Waals surface area contributed by atoms with Crippen LogP contribution < -0.4 is 9.47 Å². The molecule has 1 heterocycles. The van der Waals surface area contributed by atoms with Crippen molar-refractivity contribution in [2.75, 3.05) is 40.4 Å². The Bertz CT molecular complexity index is 693. The summed E-state index contributed by atoms with van der Waals surface area (Å²) in [5.41, 5.74) is 0.518. The third-order valence-corrected chi connectivity index (χ3v) is 5.11. The molecule has 140 valence electrons. The molecule has 6 nitrogen and oxygen atoms in total. The highest BCUT2D eigenvalue weighted by atomic mass is 16.5. The predicted octanol–water partition coefficient (Wildman–Crippen LogP) is 2.34. The molecule has 3 rings (SSSR count). The fourth-order valence-corrected chi connectivity index (χ4v) is 3.52. The lowest BCUT2D eigenvalue weighted by Gasteiger charge is -2.35.